The monoisotopic (exact) mass is 475 g/mol. The molecular formula is C27H29N3O3S. The summed E-state index contributed by atoms with van der Waals surface area (Å²) in [5, 5.41) is 0. The van der Waals surface area contributed by atoms with E-state index < -0.39 is 10.0 Å². The minimum absolute atomic E-state index is 0.0131. The fourth-order valence-electron chi connectivity index (χ4n) is 4.94. The SMILES string of the molecule is C[C@@H]1Cc2cc(C(=O)N3CCN(Cc4ccccc4)CC3)ccc2N1S(=O)(=O)c1ccccc1. The first-order valence-electron chi connectivity index (χ1n) is 11.7. The van der Waals surface area contributed by atoms with E-state index in [-0.39, 0.29) is 16.8 Å². The van der Waals surface area contributed by atoms with Crippen molar-refractivity contribution in [3.8, 4) is 0 Å². The summed E-state index contributed by atoms with van der Waals surface area (Å²) >= 11 is 0. The predicted octanol–water partition coefficient (Wildman–Crippen LogP) is 3.78. The molecule has 6 nitrogen and oxygen atoms in total. The van der Waals surface area contributed by atoms with Crippen LogP contribution in [0.15, 0.2) is 83.8 Å². The minimum Gasteiger partial charge on any atom is -0.336 e. The van der Waals surface area contributed by atoms with Crippen LogP contribution in [-0.4, -0.2) is 56.3 Å². The Morgan fingerprint density at radius 1 is 0.882 bits per heavy atom. The summed E-state index contributed by atoms with van der Waals surface area (Å²) in [7, 11) is -3.65. The Kier molecular flexibility index (Phi) is 6.15. The van der Waals surface area contributed by atoms with Gasteiger partial charge in [0.1, 0.15) is 0 Å². The lowest BCUT2D eigenvalue weighted by Gasteiger charge is -2.35. The Labute approximate surface area is 201 Å². The number of rotatable bonds is 5. The zero-order chi connectivity index (χ0) is 23.7. The number of nitrogens with zero attached hydrogens (tertiary/aromatic N) is 3. The summed E-state index contributed by atoms with van der Waals surface area (Å²) in [6, 6.07) is 24.1. The molecule has 176 valence electrons. The molecule has 1 fully saturated rings. The van der Waals surface area contributed by atoms with Crippen LogP contribution in [0.2, 0.25) is 0 Å². The van der Waals surface area contributed by atoms with Crippen molar-refractivity contribution >= 4 is 21.6 Å². The molecule has 0 radical (unpaired) electrons. The Balaban J connectivity index is 1.29. The lowest BCUT2D eigenvalue weighted by Crippen LogP contribution is -2.48. The maximum atomic E-state index is 13.3. The summed E-state index contributed by atoms with van der Waals surface area (Å²) in [4.78, 5) is 17.8. The predicted molar refractivity (Wildman–Crippen MR) is 133 cm³/mol. The van der Waals surface area contributed by atoms with Gasteiger partial charge in [0.05, 0.1) is 10.6 Å². The van der Waals surface area contributed by atoms with Gasteiger partial charge in [0, 0.05) is 44.3 Å². The zero-order valence-electron chi connectivity index (χ0n) is 19.3. The van der Waals surface area contributed by atoms with Gasteiger partial charge in [-0.1, -0.05) is 48.5 Å². The van der Waals surface area contributed by atoms with Crippen molar-refractivity contribution < 1.29 is 13.2 Å². The largest absolute Gasteiger partial charge is 0.336 e. The van der Waals surface area contributed by atoms with Crippen LogP contribution in [0.3, 0.4) is 0 Å². The normalized spacial score (nSPS) is 18.7. The van der Waals surface area contributed by atoms with Crippen molar-refractivity contribution in [3.05, 3.63) is 95.6 Å². The lowest BCUT2D eigenvalue weighted by atomic mass is 10.1. The second-order valence-corrected chi connectivity index (χ2v) is 10.9. The van der Waals surface area contributed by atoms with Crippen LogP contribution in [0.25, 0.3) is 0 Å². The molecule has 2 aliphatic rings. The van der Waals surface area contributed by atoms with Crippen LogP contribution in [0, 0.1) is 0 Å². The van der Waals surface area contributed by atoms with Crippen molar-refractivity contribution in [2.75, 3.05) is 30.5 Å². The molecule has 0 spiro atoms. The number of carbonyl (C=O) groups is 1. The Morgan fingerprint density at radius 3 is 2.21 bits per heavy atom. The topological polar surface area (TPSA) is 60.9 Å². The van der Waals surface area contributed by atoms with Crippen molar-refractivity contribution in [1.82, 2.24) is 9.80 Å². The van der Waals surface area contributed by atoms with E-state index in [1.165, 1.54) is 9.87 Å². The molecule has 0 N–H and O–H groups in total. The molecule has 0 saturated carbocycles. The van der Waals surface area contributed by atoms with Crippen LogP contribution in [0.4, 0.5) is 5.69 Å². The summed E-state index contributed by atoms with van der Waals surface area (Å²) in [6.07, 6.45) is 0.591. The molecule has 1 saturated heterocycles. The van der Waals surface area contributed by atoms with Gasteiger partial charge in [0.25, 0.3) is 15.9 Å². The highest BCUT2D eigenvalue weighted by Crippen LogP contribution is 2.37. The third-order valence-corrected chi connectivity index (χ3v) is 8.63. The first kappa shape index (κ1) is 22.6. The molecule has 2 aliphatic heterocycles. The molecule has 0 aromatic heterocycles. The van der Waals surface area contributed by atoms with Crippen LogP contribution in [0.5, 0.6) is 0 Å². The minimum atomic E-state index is -3.65. The smallest absolute Gasteiger partial charge is 0.264 e. The Morgan fingerprint density at radius 2 is 1.53 bits per heavy atom. The van der Waals surface area contributed by atoms with Crippen LogP contribution in [0.1, 0.15) is 28.4 Å². The average molecular weight is 476 g/mol. The summed E-state index contributed by atoms with van der Waals surface area (Å²) < 4.78 is 28.1. The van der Waals surface area contributed by atoms with Crippen molar-refractivity contribution in [2.24, 2.45) is 0 Å². The van der Waals surface area contributed by atoms with E-state index in [1.807, 2.05) is 24.0 Å². The summed E-state index contributed by atoms with van der Waals surface area (Å²) in [5.74, 6) is 0.0131. The summed E-state index contributed by atoms with van der Waals surface area (Å²) in [5.41, 5.74) is 3.48. The van der Waals surface area contributed by atoms with Gasteiger partial charge in [-0.3, -0.25) is 14.0 Å². The molecular weight excluding hydrogens is 446 g/mol. The number of hydrogen-bond donors (Lipinski definition) is 0. The average Bonchev–Trinajstić information content (AvgIpc) is 3.21. The molecule has 0 bridgehead atoms. The number of carbonyl (C=O) groups excluding carboxylic acids is 1. The number of benzene rings is 3. The van der Waals surface area contributed by atoms with Crippen LogP contribution < -0.4 is 4.31 Å². The highest BCUT2D eigenvalue weighted by Gasteiger charge is 2.36. The van der Waals surface area contributed by atoms with Gasteiger partial charge in [-0.25, -0.2) is 8.42 Å². The third-order valence-electron chi connectivity index (χ3n) is 6.69. The first-order chi connectivity index (χ1) is 16.4. The standard InChI is InChI=1S/C27H29N3O3S/c1-21-18-24-19-23(12-13-26(24)30(21)34(32,33)25-10-6-3-7-11-25)27(31)29-16-14-28(15-17-29)20-22-8-4-2-5-9-22/h2-13,19,21H,14-18,20H2,1H3/t21-/m1/s1. The van der Waals surface area contributed by atoms with Gasteiger partial charge in [0.2, 0.25) is 0 Å². The lowest BCUT2D eigenvalue weighted by molar-refractivity contribution is 0.0628. The van der Waals surface area contributed by atoms with E-state index in [0.29, 0.717) is 30.8 Å². The number of amides is 1. The molecule has 3 aromatic rings. The number of sulfonamides is 1. The third kappa shape index (κ3) is 4.33. The van der Waals surface area contributed by atoms with Crippen molar-refractivity contribution in [3.63, 3.8) is 0 Å². The van der Waals surface area contributed by atoms with Gasteiger partial charge >= 0.3 is 0 Å². The second-order valence-electron chi connectivity index (χ2n) is 9.06. The number of piperazine rings is 1. The van der Waals surface area contributed by atoms with Crippen LogP contribution in [-0.2, 0) is 23.0 Å². The maximum absolute atomic E-state index is 13.3. The Bertz CT molecular complexity index is 1270. The fraction of sp³-hybridized carbons (Fsp3) is 0.296. The molecule has 3 aromatic carbocycles. The van der Waals surface area contributed by atoms with E-state index in [2.05, 4.69) is 29.2 Å². The van der Waals surface area contributed by atoms with E-state index in [4.69, 9.17) is 0 Å². The fourth-order valence-corrected chi connectivity index (χ4v) is 6.65. The highest BCUT2D eigenvalue weighted by atomic mass is 32.2. The van der Waals surface area contributed by atoms with E-state index in [9.17, 15) is 13.2 Å². The maximum Gasteiger partial charge on any atom is 0.264 e. The van der Waals surface area contributed by atoms with Crippen molar-refractivity contribution in [2.45, 2.75) is 30.8 Å². The van der Waals surface area contributed by atoms with Gasteiger partial charge in [-0.2, -0.15) is 0 Å². The number of anilines is 1. The molecule has 0 unspecified atom stereocenters. The van der Waals surface area contributed by atoms with E-state index in [0.717, 1.165) is 25.2 Å². The first-order valence-corrected chi connectivity index (χ1v) is 13.2. The second kappa shape index (κ2) is 9.24. The molecule has 1 atom stereocenters. The molecule has 1 amide bonds. The van der Waals surface area contributed by atoms with E-state index in [1.54, 1.807) is 42.5 Å². The Hall–Kier alpha value is -3.16. The van der Waals surface area contributed by atoms with Crippen molar-refractivity contribution in [1.29, 1.82) is 0 Å². The quantitative estimate of drug-likeness (QED) is 0.564. The molecule has 0 aliphatic carbocycles. The van der Waals surface area contributed by atoms with Gasteiger partial charge in [-0.15, -0.1) is 0 Å². The van der Waals surface area contributed by atoms with E-state index >= 15 is 0 Å². The van der Waals surface area contributed by atoms with Gasteiger partial charge in [-0.05, 0) is 54.8 Å². The summed E-state index contributed by atoms with van der Waals surface area (Å²) in [6.45, 7) is 5.86. The number of fused-ring (bicyclic) bond motifs is 1. The number of hydrogen-bond acceptors (Lipinski definition) is 4. The molecule has 7 heteroatoms. The van der Waals surface area contributed by atoms with Gasteiger partial charge < -0.3 is 4.90 Å². The zero-order valence-corrected chi connectivity index (χ0v) is 20.1. The highest BCUT2D eigenvalue weighted by molar-refractivity contribution is 7.92. The molecule has 2 heterocycles. The molecule has 34 heavy (non-hydrogen) atoms. The molecule has 5 rings (SSSR count). The van der Waals surface area contributed by atoms with Crippen LogP contribution >= 0.6 is 0 Å². The van der Waals surface area contributed by atoms with Gasteiger partial charge in [0.15, 0.2) is 0 Å².